The summed E-state index contributed by atoms with van der Waals surface area (Å²) in [4.78, 5) is 5.59. The Kier molecular flexibility index (Phi) is 2.25. The van der Waals surface area contributed by atoms with Gasteiger partial charge in [-0.3, -0.25) is 4.40 Å². The quantitative estimate of drug-likeness (QED) is 0.845. The molecule has 80 valence electrons. The molecule has 0 amide bonds. The van der Waals surface area contributed by atoms with E-state index >= 15 is 0 Å². The van der Waals surface area contributed by atoms with Crippen LogP contribution in [-0.4, -0.2) is 20.6 Å². The second-order valence-electron chi connectivity index (χ2n) is 4.29. The average molecular weight is 222 g/mol. The Morgan fingerprint density at radius 3 is 3.20 bits per heavy atom. The van der Waals surface area contributed by atoms with E-state index in [1.165, 1.54) is 0 Å². The molecule has 1 fully saturated rings. The summed E-state index contributed by atoms with van der Waals surface area (Å²) in [5.41, 5.74) is 1.12. The monoisotopic (exact) mass is 222 g/mol. The van der Waals surface area contributed by atoms with Crippen molar-refractivity contribution in [1.82, 2.24) is 9.38 Å². The van der Waals surface area contributed by atoms with Gasteiger partial charge < -0.3 is 5.11 Å². The van der Waals surface area contributed by atoms with Crippen molar-refractivity contribution in [2.24, 2.45) is 5.92 Å². The summed E-state index contributed by atoms with van der Waals surface area (Å²) in [5, 5.41) is 11.8. The smallest absolute Gasteiger partial charge is 0.193 e. The molecular formula is C11H14N2OS. The highest BCUT2D eigenvalue weighted by Crippen LogP contribution is 2.28. The molecule has 2 atom stereocenters. The van der Waals surface area contributed by atoms with Crippen molar-refractivity contribution >= 4 is 16.3 Å². The van der Waals surface area contributed by atoms with E-state index in [1.54, 1.807) is 11.3 Å². The van der Waals surface area contributed by atoms with Crippen LogP contribution in [0.2, 0.25) is 0 Å². The van der Waals surface area contributed by atoms with Gasteiger partial charge in [0.15, 0.2) is 4.96 Å². The van der Waals surface area contributed by atoms with E-state index in [0.29, 0.717) is 5.92 Å². The number of rotatable bonds is 2. The third-order valence-electron chi connectivity index (χ3n) is 3.23. The van der Waals surface area contributed by atoms with Crippen LogP contribution in [0, 0.1) is 5.92 Å². The molecule has 0 spiro atoms. The second-order valence-corrected chi connectivity index (χ2v) is 5.16. The van der Waals surface area contributed by atoms with E-state index in [1.807, 2.05) is 11.6 Å². The number of aliphatic hydroxyl groups is 1. The predicted molar refractivity (Wildman–Crippen MR) is 60.1 cm³/mol. The molecule has 0 saturated heterocycles. The van der Waals surface area contributed by atoms with Crippen LogP contribution in [-0.2, 0) is 6.42 Å². The van der Waals surface area contributed by atoms with E-state index in [2.05, 4.69) is 15.6 Å². The molecule has 1 N–H and O–H groups in total. The molecule has 0 aromatic carbocycles. The molecule has 0 bridgehead atoms. The summed E-state index contributed by atoms with van der Waals surface area (Å²) < 4.78 is 2.06. The van der Waals surface area contributed by atoms with Crippen molar-refractivity contribution in [1.29, 1.82) is 0 Å². The van der Waals surface area contributed by atoms with E-state index in [-0.39, 0.29) is 6.10 Å². The lowest BCUT2D eigenvalue weighted by atomic mass is 10.0. The fourth-order valence-corrected chi connectivity index (χ4v) is 3.12. The van der Waals surface area contributed by atoms with Gasteiger partial charge in [0.2, 0.25) is 0 Å². The molecule has 2 unspecified atom stereocenters. The van der Waals surface area contributed by atoms with Crippen LogP contribution in [0.4, 0.5) is 0 Å². The van der Waals surface area contributed by atoms with Crippen molar-refractivity contribution in [2.45, 2.75) is 31.8 Å². The lowest BCUT2D eigenvalue weighted by Crippen LogP contribution is -2.15. The molecule has 3 nitrogen and oxygen atoms in total. The number of aromatic nitrogens is 2. The Morgan fingerprint density at radius 2 is 2.47 bits per heavy atom. The Morgan fingerprint density at radius 1 is 1.53 bits per heavy atom. The standard InChI is InChI=1S/C11H14N2OS/c14-10-3-1-2-8(10)6-9-7-13-4-5-15-11(13)12-9/h4-5,7-8,10,14H,1-3,6H2. The van der Waals surface area contributed by atoms with Crippen LogP contribution in [0.15, 0.2) is 17.8 Å². The largest absolute Gasteiger partial charge is 0.393 e. The zero-order valence-corrected chi connectivity index (χ0v) is 9.28. The Hall–Kier alpha value is -0.870. The first kappa shape index (κ1) is 9.36. The number of fused-ring (bicyclic) bond motifs is 1. The molecule has 2 heterocycles. The number of aliphatic hydroxyl groups excluding tert-OH is 1. The molecule has 4 heteroatoms. The lowest BCUT2D eigenvalue weighted by molar-refractivity contribution is 0.132. The topological polar surface area (TPSA) is 37.5 Å². The second kappa shape index (κ2) is 3.61. The van der Waals surface area contributed by atoms with E-state index in [4.69, 9.17) is 0 Å². The predicted octanol–water partition coefficient (Wildman–Crippen LogP) is 2.10. The zero-order chi connectivity index (χ0) is 10.3. The van der Waals surface area contributed by atoms with Gasteiger partial charge in [0.1, 0.15) is 0 Å². The van der Waals surface area contributed by atoms with Gasteiger partial charge in [0, 0.05) is 17.8 Å². The summed E-state index contributed by atoms with van der Waals surface area (Å²) in [6.45, 7) is 0. The van der Waals surface area contributed by atoms with E-state index in [9.17, 15) is 5.11 Å². The summed E-state index contributed by atoms with van der Waals surface area (Å²) in [6, 6.07) is 0. The van der Waals surface area contributed by atoms with Crippen LogP contribution in [0.3, 0.4) is 0 Å². The molecule has 1 saturated carbocycles. The van der Waals surface area contributed by atoms with Gasteiger partial charge in [0.25, 0.3) is 0 Å². The molecule has 0 radical (unpaired) electrons. The van der Waals surface area contributed by atoms with Gasteiger partial charge in [-0.1, -0.05) is 6.42 Å². The Balaban J connectivity index is 1.80. The minimum Gasteiger partial charge on any atom is -0.393 e. The lowest BCUT2D eigenvalue weighted by Gasteiger charge is -2.11. The maximum atomic E-state index is 9.74. The fourth-order valence-electron chi connectivity index (χ4n) is 2.40. The number of hydrogen-bond acceptors (Lipinski definition) is 3. The highest BCUT2D eigenvalue weighted by molar-refractivity contribution is 7.15. The van der Waals surface area contributed by atoms with Crippen molar-refractivity contribution in [3.63, 3.8) is 0 Å². The van der Waals surface area contributed by atoms with Crippen LogP contribution in [0.5, 0.6) is 0 Å². The molecule has 1 aliphatic rings. The number of thiazole rings is 1. The first-order valence-corrected chi connectivity index (χ1v) is 6.30. The average Bonchev–Trinajstić information content (AvgIpc) is 2.83. The van der Waals surface area contributed by atoms with Gasteiger partial charge in [-0.15, -0.1) is 11.3 Å². The minimum absolute atomic E-state index is 0.107. The number of imidazole rings is 1. The molecule has 15 heavy (non-hydrogen) atoms. The number of nitrogens with zero attached hydrogens (tertiary/aromatic N) is 2. The molecular weight excluding hydrogens is 208 g/mol. The first-order chi connectivity index (χ1) is 7.33. The van der Waals surface area contributed by atoms with Gasteiger partial charge in [0.05, 0.1) is 11.8 Å². The summed E-state index contributed by atoms with van der Waals surface area (Å²) in [7, 11) is 0. The van der Waals surface area contributed by atoms with Gasteiger partial charge in [-0.05, 0) is 25.2 Å². The summed E-state index contributed by atoms with van der Waals surface area (Å²) in [6.07, 6.45) is 8.20. The van der Waals surface area contributed by atoms with Crippen molar-refractivity contribution in [3.8, 4) is 0 Å². The van der Waals surface area contributed by atoms with Crippen LogP contribution < -0.4 is 0 Å². The van der Waals surface area contributed by atoms with Gasteiger partial charge in [-0.2, -0.15) is 0 Å². The Bertz CT molecular complexity index is 433. The third-order valence-corrected chi connectivity index (χ3v) is 4.00. The van der Waals surface area contributed by atoms with Crippen molar-refractivity contribution in [3.05, 3.63) is 23.5 Å². The molecule has 2 aromatic rings. The minimum atomic E-state index is -0.107. The molecule has 0 aliphatic heterocycles. The molecule has 1 aliphatic carbocycles. The molecule has 3 rings (SSSR count). The normalized spacial score (nSPS) is 26.5. The van der Waals surface area contributed by atoms with Crippen molar-refractivity contribution < 1.29 is 5.11 Å². The highest BCUT2D eigenvalue weighted by Gasteiger charge is 2.25. The van der Waals surface area contributed by atoms with E-state index < -0.39 is 0 Å². The van der Waals surface area contributed by atoms with Gasteiger partial charge in [-0.25, -0.2) is 4.98 Å². The molecule has 2 aromatic heterocycles. The first-order valence-electron chi connectivity index (χ1n) is 5.42. The SMILES string of the molecule is OC1CCCC1Cc1cn2ccsc2n1. The maximum absolute atomic E-state index is 9.74. The summed E-state index contributed by atoms with van der Waals surface area (Å²) >= 11 is 1.66. The summed E-state index contributed by atoms with van der Waals surface area (Å²) in [5.74, 6) is 0.426. The van der Waals surface area contributed by atoms with Crippen LogP contribution >= 0.6 is 11.3 Å². The third kappa shape index (κ3) is 1.68. The van der Waals surface area contributed by atoms with Gasteiger partial charge >= 0.3 is 0 Å². The van der Waals surface area contributed by atoms with E-state index in [0.717, 1.165) is 36.3 Å². The number of hydrogen-bond donors (Lipinski definition) is 1. The highest BCUT2D eigenvalue weighted by atomic mass is 32.1. The van der Waals surface area contributed by atoms with Crippen LogP contribution in [0.25, 0.3) is 4.96 Å². The van der Waals surface area contributed by atoms with Crippen molar-refractivity contribution in [2.75, 3.05) is 0 Å². The van der Waals surface area contributed by atoms with Crippen LogP contribution in [0.1, 0.15) is 25.0 Å². The Labute approximate surface area is 92.4 Å². The fraction of sp³-hybridized carbons (Fsp3) is 0.545. The maximum Gasteiger partial charge on any atom is 0.193 e. The zero-order valence-electron chi connectivity index (χ0n) is 8.47.